The molecule has 1 amide bonds. The minimum atomic E-state index is -4.61. The van der Waals surface area contributed by atoms with Gasteiger partial charge in [0.05, 0.1) is 18.4 Å². The summed E-state index contributed by atoms with van der Waals surface area (Å²) in [5, 5.41) is 2.39. The van der Waals surface area contributed by atoms with Gasteiger partial charge in [0.15, 0.2) is 5.75 Å². The number of nitrogens with one attached hydrogen (secondary N) is 1. The summed E-state index contributed by atoms with van der Waals surface area (Å²) in [5.74, 6) is -0.447. The molecule has 4 nitrogen and oxygen atoms in total. The molecule has 0 heterocycles. The molecule has 3 rings (SSSR count). The Balaban J connectivity index is 1.95. The molecule has 0 spiro atoms. The van der Waals surface area contributed by atoms with Gasteiger partial charge in [-0.25, -0.2) is 4.39 Å². The molecule has 0 unspecified atom stereocenters. The fraction of sp³-hybridized carbons (Fsp3) is 0.0952. The number of alkyl halides is 3. The van der Waals surface area contributed by atoms with Gasteiger partial charge in [-0.1, -0.05) is 6.07 Å². The van der Waals surface area contributed by atoms with E-state index >= 15 is 0 Å². The third-order valence-electron chi connectivity index (χ3n) is 3.93. The maximum absolute atomic E-state index is 13.1. The van der Waals surface area contributed by atoms with Gasteiger partial charge in [0.2, 0.25) is 0 Å². The maximum atomic E-state index is 13.1. The Labute approximate surface area is 163 Å². The summed E-state index contributed by atoms with van der Waals surface area (Å²) in [6.07, 6.45) is -4.61. The summed E-state index contributed by atoms with van der Waals surface area (Å²) < 4.78 is 63.1. The summed E-state index contributed by atoms with van der Waals surface area (Å²) in [4.78, 5) is 12.4. The van der Waals surface area contributed by atoms with Crippen molar-refractivity contribution in [1.29, 1.82) is 0 Å². The van der Waals surface area contributed by atoms with Gasteiger partial charge < -0.3 is 14.8 Å². The SMILES string of the molecule is COc1cccc(Oc2ccc(C(F)(F)F)cc2NC(=O)c2ccc(F)cc2)c1. The number of ether oxygens (including phenoxy) is 2. The number of anilines is 1. The molecule has 1 N–H and O–H groups in total. The predicted molar refractivity (Wildman–Crippen MR) is 98.9 cm³/mol. The van der Waals surface area contributed by atoms with Crippen LogP contribution < -0.4 is 14.8 Å². The standard InChI is InChI=1S/C21H15F4NO3/c1-28-16-3-2-4-17(12-16)29-19-10-7-14(21(23,24)25)11-18(19)26-20(27)13-5-8-15(22)9-6-13/h2-12H,1H3,(H,26,27). The van der Waals surface area contributed by atoms with Crippen LogP contribution in [-0.2, 0) is 6.18 Å². The second-order valence-electron chi connectivity index (χ2n) is 5.95. The summed E-state index contributed by atoms with van der Waals surface area (Å²) in [6.45, 7) is 0. The van der Waals surface area contributed by atoms with Crippen LogP contribution in [0, 0.1) is 5.82 Å². The fourth-order valence-electron chi connectivity index (χ4n) is 2.48. The van der Waals surface area contributed by atoms with Crippen LogP contribution in [0.5, 0.6) is 17.2 Å². The number of carbonyl (C=O) groups is 1. The number of halogens is 4. The van der Waals surface area contributed by atoms with E-state index in [9.17, 15) is 22.4 Å². The van der Waals surface area contributed by atoms with E-state index < -0.39 is 23.5 Å². The lowest BCUT2D eigenvalue weighted by molar-refractivity contribution is -0.137. The molecule has 29 heavy (non-hydrogen) atoms. The third kappa shape index (κ3) is 5.04. The van der Waals surface area contributed by atoms with Gasteiger partial charge in [-0.05, 0) is 54.6 Å². The van der Waals surface area contributed by atoms with E-state index in [4.69, 9.17) is 9.47 Å². The third-order valence-corrected chi connectivity index (χ3v) is 3.93. The lowest BCUT2D eigenvalue weighted by Crippen LogP contribution is -2.14. The topological polar surface area (TPSA) is 47.6 Å². The van der Waals surface area contributed by atoms with Gasteiger partial charge in [0.1, 0.15) is 17.3 Å². The van der Waals surface area contributed by atoms with Crippen LogP contribution in [0.15, 0.2) is 66.7 Å². The first-order valence-corrected chi connectivity index (χ1v) is 8.36. The Morgan fingerprint density at radius 2 is 1.62 bits per heavy atom. The van der Waals surface area contributed by atoms with E-state index in [0.29, 0.717) is 11.5 Å². The maximum Gasteiger partial charge on any atom is 0.416 e. The number of hydrogen-bond acceptors (Lipinski definition) is 3. The quantitative estimate of drug-likeness (QED) is 0.538. The van der Waals surface area contributed by atoms with Gasteiger partial charge in [0, 0.05) is 11.6 Å². The largest absolute Gasteiger partial charge is 0.497 e. The number of benzene rings is 3. The van der Waals surface area contributed by atoms with Gasteiger partial charge in [-0.15, -0.1) is 0 Å². The summed E-state index contributed by atoms with van der Waals surface area (Å²) in [5.41, 5.74) is -1.06. The highest BCUT2D eigenvalue weighted by Crippen LogP contribution is 2.37. The van der Waals surface area contributed by atoms with E-state index in [0.717, 1.165) is 30.3 Å². The van der Waals surface area contributed by atoms with Crippen LogP contribution in [0.4, 0.5) is 23.2 Å². The second-order valence-corrected chi connectivity index (χ2v) is 5.95. The van der Waals surface area contributed by atoms with E-state index in [1.807, 2.05) is 0 Å². The normalized spacial score (nSPS) is 11.1. The smallest absolute Gasteiger partial charge is 0.416 e. The molecule has 0 aliphatic carbocycles. The lowest BCUT2D eigenvalue weighted by atomic mass is 10.1. The van der Waals surface area contributed by atoms with Crippen LogP contribution in [0.25, 0.3) is 0 Å². The average molecular weight is 405 g/mol. The Hall–Kier alpha value is -3.55. The van der Waals surface area contributed by atoms with Crippen LogP contribution >= 0.6 is 0 Å². The van der Waals surface area contributed by atoms with E-state index in [1.165, 1.54) is 19.2 Å². The first-order chi connectivity index (χ1) is 13.8. The van der Waals surface area contributed by atoms with Gasteiger partial charge in [-0.3, -0.25) is 4.79 Å². The highest BCUT2D eigenvalue weighted by molar-refractivity contribution is 6.05. The molecule has 0 atom stereocenters. The molecule has 0 aliphatic rings. The van der Waals surface area contributed by atoms with Gasteiger partial charge in [0.25, 0.3) is 5.91 Å². The molecule has 8 heteroatoms. The number of amides is 1. The zero-order valence-electron chi connectivity index (χ0n) is 15.1. The van der Waals surface area contributed by atoms with Crippen LogP contribution in [0.2, 0.25) is 0 Å². The molecule has 0 saturated carbocycles. The number of methoxy groups -OCH3 is 1. The molecular formula is C21H15F4NO3. The van der Waals surface area contributed by atoms with Crippen molar-refractivity contribution in [2.45, 2.75) is 6.18 Å². The van der Waals surface area contributed by atoms with Crippen molar-refractivity contribution in [1.82, 2.24) is 0 Å². The monoisotopic (exact) mass is 405 g/mol. The van der Waals surface area contributed by atoms with E-state index in [1.54, 1.807) is 24.3 Å². The summed E-state index contributed by atoms with van der Waals surface area (Å²) >= 11 is 0. The molecular weight excluding hydrogens is 390 g/mol. The van der Waals surface area contributed by atoms with Crippen molar-refractivity contribution in [2.75, 3.05) is 12.4 Å². The number of hydrogen-bond donors (Lipinski definition) is 1. The van der Waals surface area contributed by atoms with Crippen molar-refractivity contribution in [3.63, 3.8) is 0 Å². The Bertz CT molecular complexity index is 1020. The molecule has 0 fully saturated rings. The number of rotatable bonds is 5. The summed E-state index contributed by atoms with van der Waals surface area (Å²) in [7, 11) is 1.46. The molecule has 0 aromatic heterocycles. The lowest BCUT2D eigenvalue weighted by Gasteiger charge is -2.15. The molecule has 0 bridgehead atoms. The zero-order chi connectivity index (χ0) is 21.0. The van der Waals surface area contributed by atoms with Crippen molar-refractivity contribution in [2.24, 2.45) is 0 Å². The molecule has 3 aromatic carbocycles. The van der Waals surface area contributed by atoms with Crippen molar-refractivity contribution < 1.29 is 31.8 Å². The predicted octanol–water partition coefficient (Wildman–Crippen LogP) is 5.90. The first kappa shape index (κ1) is 20.2. The van der Waals surface area contributed by atoms with E-state index in [2.05, 4.69) is 5.32 Å². The van der Waals surface area contributed by atoms with Crippen molar-refractivity contribution in [3.8, 4) is 17.2 Å². The molecule has 0 aliphatic heterocycles. The first-order valence-electron chi connectivity index (χ1n) is 8.36. The summed E-state index contributed by atoms with van der Waals surface area (Å²) in [6, 6.07) is 13.8. The minimum absolute atomic E-state index is 0.00159. The second kappa shape index (κ2) is 8.22. The Morgan fingerprint density at radius 3 is 2.28 bits per heavy atom. The average Bonchev–Trinajstić information content (AvgIpc) is 2.69. The van der Waals surface area contributed by atoms with Crippen LogP contribution in [0.1, 0.15) is 15.9 Å². The van der Waals surface area contributed by atoms with Crippen molar-refractivity contribution >= 4 is 11.6 Å². The zero-order valence-corrected chi connectivity index (χ0v) is 15.1. The molecule has 0 radical (unpaired) electrons. The Kier molecular flexibility index (Phi) is 5.72. The highest BCUT2D eigenvalue weighted by atomic mass is 19.4. The molecule has 150 valence electrons. The van der Waals surface area contributed by atoms with Crippen LogP contribution in [-0.4, -0.2) is 13.0 Å². The highest BCUT2D eigenvalue weighted by Gasteiger charge is 2.31. The van der Waals surface area contributed by atoms with Crippen molar-refractivity contribution in [3.05, 3.63) is 83.7 Å². The molecule has 0 saturated heterocycles. The fourth-order valence-corrected chi connectivity index (χ4v) is 2.48. The van der Waals surface area contributed by atoms with Crippen LogP contribution in [0.3, 0.4) is 0 Å². The minimum Gasteiger partial charge on any atom is -0.497 e. The van der Waals surface area contributed by atoms with Gasteiger partial charge >= 0.3 is 6.18 Å². The molecule has 3 aromatic rings. The Morgan fingerprint density at radius 1 is 0.931 bits per heavy atom. The van der Waals surface area contributed by atoms with E-state index in [-0.39, 0.29) is 17.0 Å². The number of carbonyl (C=O) groups excluding carboxylic acids is 1. The van der Waals surface area contributed by atoms with Gasteiger partial charge in [-0.2, -0.15) is 13.2 Å².